The zero-order valence-corrected chi connectivity index (χ0v) is 9.96. The number of benzene rings is 1. The summed E-state index contributed by atoms with van der Waals surface area (Å²) in [5.41, 5.74) is 2.57. The first-order valence-corrected chi connectivity index (χ1v) is 5.68. The van der Waals surface area contributed by atoms with Crippen molar-refractivity contribution in [3.05, 3.63) is 47.0 Å². The van der Waals surface area contributed by atoms with E-state index in [4.69, 9.17) is 11.6 Å². The van der Waals surface area contributed by atoms with Gasteiger partial charge < -0.3 is 0 Å². The fourth-order valence-corrected chi connectivity index (χ4v) is 2.49. The molecule has 0 saturated heterocycles. The molecule has 1 unspecified atom stereocenters. The second-order valence-electron chi connectivity index (χ2n) is 4.25. The Morgan fingerprint density at radius 2 is 2.27 bits per heavy atom. The van der Waals surface area contributed by atoms with E-state index in [1.807, 2.05) is 18.2 Å². The topological polar surface area (TPSA) is 3.24 Å². The minimum Gasteiger partial charge on any atom is -0.286 e. The molecular formula is C13H16ClN. The molecule has 0 fully saturated rings. The van der Waals surface area contributed by atoms with Crippen LogP contribution in [-0.2, 0) is 6.54 Å². The highest BCUT2D eigenvalue weighted by Gasteiger charge is 2.30. The van der Waals surface area contributed by atoms with Crippen LogP contribution in [0.3, 0.4) is 0 Å². The van der Waals surface area contributed by atoms with E-state index >= 15 is 0 Å². The van der Waals surface area contributed by atoms with Crippen molar-refractivity contribution < 1.29 is 0 Å². The molecule has 2 heteroatoms. The molecule has 0 bridgehead atoms. The summed E-state index contributed by atoms with van der Waals surface area (Å²) in [7, 11) is 0. The highest BCUT2D eigenvalue weighted by Crippen LogP contribution is 2.38. The van der Waals surface area contributed by atoms with Crippen molar-refractivity contribution in [2.75, 3.05) is 0 Å². The fraction of sp³-hybridized carbons (Fsp3) is 0.385. The maximum absolute atomic E-state index is 6.20. The molecule has 0 radical (unpaired) electrons. The Hall–Kier alpha value is -0.790. The van der Waals surface area contributed by atoms with Crippen LogP contribution in [0.15, 0.2) is 30.9 Å². The monoisotopic (exact) mass is 221 g/mol. The van der Waals surface area contributed by atoms with Gasteiger partial charge in [0.15, 0.2) is 0 Å². The third-order valence-electron chi connectivity index (χ3n) is 3.06. The van der Waals surface area contributed by atoms with Crippen LogP contribution in [0.5, 0.6) is 0 Å². The van der Waals surface area contributed by atoms with Gasteiger partial charge in [-0.05, 0) is 31.0 Å². The Morgan fingerprint density at radius 3 is 2.87 bits per heavy atom. The predicted octanol–water partition coefficient (Wildman–Crippen LogP) is 3.79. The van der Waals surface area contributed by atoms with Crippen LogP contribution in [0.25, 0.3) is 0 Å². The van der Waals surface area contributed by atoms with E-state index in [1.165, 1.54) is 11.1 Å². The fourth-order valence-electron chi connectivity index (χ4n) is 2.24. The third-order valence-corrected chi connectivity index (χ3v) is 3.41. The van der Waals surface area contributed by atoms with Gasteiger partial charge in [-0.1, -0.05) is 29.8 Å². The summed E-state index contributed by atoms with van der Waals surface area (Å²) in [6.07, 6.45) is 2.00. The number of hydrogen-bond acceptors (Lipinski definition) is 1. The van der Waals surface area contributed by atoms with E-state index in [-0.39, 0.29) is 0 Å². The van der Waals surface area contributed by atoms with Crippen LogP contribution >= 0.6 is 11.6 Å². The largest absolute Gasteiger partial charge is 0.286 e. The van der Waals surface area contributed by atoms with Crippen molar-refractivity contribution in [3.63, 3.8) is 0 Å². The number of rotatable bonds is 2. The maximum Gasteiger partial charge on any atom is 0.0538 e. The first kappa shape index (κ1) is 10.7. The van der Waals surface area contributed by atoms with Gasteiger partial charge in [0.05, 0.1) is 6.04 Å². The Bertz CT molecular complexity index is 384. The van der Waals surface area contributed by atoms with Gasteiger partial charge in [0.1, 0.15) is 0 Å². The molecule has 15 heavy (non-hydrogen) atoms. The van der Waals surface area contributed by atoms with Crippen LogP contribution in [0.2, 0.25) is 5.02 Å². The SMILES string of the molecule is C=CC1c2cccc(Cl)c2CN1C(C)C. The standard InChI is InChI=1S/C13H16ClN/c1-4-13-10-6-5-7-12(14)11(10)8-15(13)9(2)3/h4-7,9,13H,1,8H2,2-3H3. The molecule has 1 heterocycles. The molecule has 1 aliphatic rings. The average molecular weight is 222 g/mol. The van der Waals surface area contributed by atoms with Crippen molar-refractivity contribution in [1.82, 2.24) is 4.90 Å². The average Bonchev–Trinajstić information content (AvgIpc) is 2.57. The van der Waals surface area contributed by atoms with Gasteiger partial charge in [0.25, 0.3) is 0 Å². The lowest BCUT2D eigenvalue weighted by atomic mass is 10.0. The maximum atomic E-state index is 6.20. The summed E-state index contributed by atoms with van der Waals surface area (Å²) >= 11 is 6.20. The molecular weight excluding hydrogens is 206 g/mol. The minimum atomic E-state index is 0.318. The van der Waals surface area contributed by atoms with Crippen molar-refractivity contribution >= 4 is 11.6 Å². The molecule has 1 atom stereocenters. The second kappa shape index (κ2) is 3.99. The molecule has 1 aromatic rings. The molecule has 0 saturated carbocycles. The van der Waals surface area contributed by atoms with Gasteiger partial charge in [-0.2, -0.15) is 0 Å². The van der Waals surface area contributed by atoms with Gasteiger partial charge in [-0.3, -0.25) is 4.90 Å². The van der Waals surface area contributed by atoms with E-state index in [9.17, 15) is 0 Å². The summed E-state index contributed by atoms with van der Waals surface area (Å²) in [6.45, 7) is 9.26. The lowest BCUT2D eigenvalue weighted by Gasteiger charge is -2.26. The Morgan fingerprint density at radius 1 is 1.53 bits per heavy atom. The van der Waals surface area contributed by atoms with Crippen molar-refractivity contribution in [3.8, 4) is 0 Å². The molecule has 0 aliphatic carbocycles. The number of halogens is 1. The van der Waals surface area contributed by atoms with Gasteiger partial charge in [0.2, 0.25) is 0 Å². The molecule has 1 aliphatic heterocycles. The summed E-state index contributed by atoms with van der Waals surface area (Å²) in [5.74, 6) is 0. The van der Waals surface area contributed by atoms with Crippen molar-refractivity contribution in [1.29, 1.82) is 0 Å². The van der Waals surface area contributed by atoms with Crippen molar-refractivity contribution in [2.24, 2.45) is 0 Å². The van der Waals surface area contributed by atoms with Crippen molar-refractivity contribution in [2.45, 2.75) is 32.5 Å². The zero-order chi connectivity index (χ0) is 11.0. The molecule has 0 spiro atoms. The van der Waals surface area contributed by atoms with Crippen LogP contribution < -0.4 is 0 Å². The van der Waals surface area contributed by atoms with Crippen LogP contribution in [0.4, 0.5) is 0 Å². The smallest absolute Gasteiger partial charge is 0.0538 e. The molecule has 0 aromatic heterocycles. The van der Waals surface area contributed by atoms with Gasteiger partial charge in [-0.15, -0.1) is 6.58 Å². The Kier molecular flexibility index (Phi) is 2.85. The molecule has 0 N–H and O–H groups in total. The minimum absolute atomic E-state index is 0.318. The molecule has 1 nitrogen and oxygen atoms in total. The second-order valence-corrected chi connectivity index (χ2v) is 4.66. The summed E-state index contributed by atoms with van der Waals surface area (Å²) < 4.78 is 0. The first-order chi connectivity index (χ1) is 7.15. The quantitative estimate of drug-likeness (QED) is 0.687. The first-order valence-electron chi connectivity index (χ1n) is 5.30. The molecule has 2 rings (SSSR count). The normalized spacial score (nSPS) is 20.7. The number of nitrogens with zero attached hydrogens (tertiary/aromatic N) is 1. The van der Waals surface area contributed by atoms with Gasteiger partial charge in [-0.25, -0.2) is 0 Å². The predicted molar refractivity (Wildman–Crippen MR) is 65.1 cm³/mol. The summed E-state index contributed by atoms with van der Waals surface area (Å²) in [4.78, 5) is 2.41. The summed E-state index contributed by atoms with van der Waals surface area (Å²) in [5, 5.41) is 0.877. The van der Waals surface area contributed by atoms with E-state index < -0.39 is 0 Å². The Labute approximate surface area is 96.4 Å². The van der Waals surface area contributed by atoms with E-state index in [2.05, 4.69) is 31.4 Å². The number of hydrogen-bond donors (Lipinski definition) is 0. The zero-order valence-electron chi connectivity index (χ0n) is 9.20. The molecule has 1 aromatic carbocycles. The third kappa shape index (κ3) is 1.70. The van der Waals surface area contributed by atoms with Crippen LogP contribution in [-0.4, -0.2) is 10.9 Å². The summed E-state index contributed by atoms with van der Waals surface area (Å²) in [6, 6.07) is 6.96. The number of fused-ring (bicyclic) bond motifs is 1. The molecule has 80 valence electrons. The van der Waals surface area contributed by atoms with Crippen LogP contribution in [0.1, 0.15) is 31.0 Å². The van der Waals surface area contributed by atoms with E-state index in [0.717, 1.165) is 11.6 Å². The van der Waals surface area contributed by atoms with Gasteiger partial charge in [0, 0.05) is 17.6 Å². The highest BCUT2D eigenvalue weighted by molar-refractivity contribution is 6.31. The van der Waals surface area contributed by atoms with Gasteiger partial charge >= 0.3 is 0 Å². The highest BCUT2D eigenvalue weighted by atomic mass is 35.5. The van der Waals surface area contributed by atoms with Crippen LogP contribution in [0, 0.1) is 0 Å². The lowest BCUT2D eigenvalue weighted by molar-refractivity contribution is 0.197. The van der Waals surface area contributed by atoms with E-state index in [1.54, 1.807) is 0 Å². The molecule has 0 amide bonds. The lowest BCUT2D eigenvalue weighted by Crippen LogP contribution is -2.28. The van der Waals surface area contributed by atoms with E-state index in [0.29, 0.717) is 12.1 Å². The Balaban J connectivity index is 2.45.